The van der Waals surface area contributed by atoms with Gasteiger partial charge in [0.25, 0.3) is 0 Å². The van der Waals surface area contributed by atoms with Crippen molar-refractivity contribution in [1.29, 1.82) is 0 Å². The van der Waals surface area contributed by atoms with Gasteiger partial charge in [0.2, 0.25) is 0 Å². The Hall–Kier alpha value is -1.65. The van der Waals surface area contributed by atoms with E-state index in [0.29, 0.717) is 6.07 Å². The highest BCUT2D eigenvalue weighted by molar-refractivity contribution is 6.39. The van der Waals surface area contributed by atoms with Crippen molar-refractivity contribution in [2.24, 2.45) is 0 Å². The Bertz CT molecular complexity index is 630. The normalized spacial score (nSPS) is 10.5. The fraction of sp³-hybridized carbons (Fsp3) is 0. The summed E-state index contributed by atoms with van der Waals surface area (Å²) in [6, 6.07) is 5.15. The third-order valence-electron chi connectivity index (χ3n) is 2.47. The maximum absolute atomic E-state index is 13.1. The lowest BCUT2D eigenvalue weighted by Crippen LogP contribution is -2.04. The average Bonchev–Trinajstić information content (AvgIpc) is 2.33. The molecule has 19 heavy (non-hydrogen) atoms. The lowest BCUT2D eigenvalue weighted by atomic mass is 10.0. The van der Waals surface area contributed by atoms with E-state index in [1.165, 1.54) is 12.1 Å². The summed E-state index contributed by atoms with van der Waals surface area (Å²) in [6.45, 7) is 0. The average molecular weight is 302 g/mol. The van der Waals surface area contributed by atoms with Gasteiger partial charge >= 0.3 is 0 Å². The van der Waals surface area contributed by atoms with Crippen LogP contribution in [0.5, 0.6) is 0 Å². The largest absolute Gasteiger partial charge is 0.396 e. The quantitative estimate of drug-likeness (QED) is 0.671. The second-order valence-electron chi connectivity index (χ2n) is 3.84. The summed E-state index contributed by atoms with van der Waals surface area (Å²) in [7, 11) is 0. The van der Waals surface area contributed by atoms with Crippen LogP contribution in [0.2, 0.25) is 10.0 Å². The Balaban J connectivity index is 2.50. The Morgan fingerprint density at radius 2 is 1.32 bits per heavy atom. The lowest BCUT2D eigenvalue weighted by molar-refractivity contribution is 0.103. The third kappa shape index (κ3) is 2.85. The minimum Gasteiger partial charge on any atom is -0.396 e. The van der Waals surface area contributed by atoms with Crippen molar-refractivity contribution in [3.8, 4) is 0 Å². The predicted molar refractivity (Wildman–Crippen MR) is 70.7 cm³/mol. The molecular formula is C13H7Cl2F2NO. The molecule has 0 bridgehead atoms. The number of ketones is 1. The Morgan fingerprint density at radius 1 is 0.895 bits per heavy atom. The lowest BCUT2D eigenvalue weighted by Gasteiger charge is -2.06. The number of hydrogen-bond donors (Lipinski definition) is 1. The van der Waals surface area contributed by atoms with Crippen molar-refractivity contribution in [2.75, 3.05) is 5.73 Å². The van der Waals surface area contributed by atoms with Crippen LogP contribution in [0, 0.1) is 11.6 Å². The summed E-state index contributed by atoms with van der Waals surface area (Å²) in [6.07, 6.45) is 0. The molecule has 2 N–H and O–H groups in total. The fourth-order valence-corrected chi connectivity index (χ4v) is 2.05. The monoisotopic (exact) mass is 301 g/mol. The molecule has 0 fully saturated rings. The molecule has 2 aromatic carbocycles. The van der Waals surface area contributed by atoms with Crippen LogP contribution in [0.15, 0.2) is 30.3 Å². The van der Waals surface area contributed by atoms with Gasteiger partial charge in [-0.15, -0.1) is 0 Å². The van der Waals surface area contributed by atoms with Gasteiger partial charge in [0.1, 0.15) is 11.6 Å². The first-order chi connectivity index (χ1) is 8.88. The van der Waals surface area contributed by atoms with Crippen molar-refractivity contribution in [3.05, 3.63) is 63.1 Å². The second-order valence-corrected chi connectivity index (χ2v) is 4.66. The highest BCUT2D eigenvalue weighted by Gasteiger charge is 2.15. The van der Waals surface area contributed by atoms with E-state index in [2.05, 4.69) is 0 Å². The summed E-state index contributed by atoms with van der Waals surface area (Å²) in [5.74, 6) is -2.27. The van der Waals surface area contributed by atoms with E-state index < -0.39 is 17.4 Å². The Kier molecular flexibility index (Phi) is 3.73. The van der Waals surface area contributed by atoms with E-state index in [1.807, 2.05) is 0 Å². The van der Waals surface area contributed by atoms with Crippen molar-refractivity contribution < 1.29 is 13.6 Å². The molecule has 0 spiro atoms. The van der Waals surface area contributed by atoms with Crippen LogP contribution >= 0.6 is 23.2 Å². The zero-order valence-corrected chi connectivity index (χ0v) is 10.9. The second kappa shape index (κ2) is 5.15. The molecule has 6 heteroatoms. The highest BCUT2D eigenvalue weighted by Crippen LogP contribution is 2.29. The molecule has 2 nitrogen and oxygen atoms in total. The zero-order valence-electron chi connectivity index (χ0n) is 9.38. The van der Waals surface area contributed by atoms with Crippen molar-refractivity contribution in [1.82, 2.24) is 0 Å². The first-order valence-corrected chi connectivity index (χ1v) is 5.89. The van der Waals surface area contributed by atoms with Gasteiger partial charge in [-0.2, -0.15) is 0 Å². The molecule has 0 heterocycles. The summed E-state index contributed by atoms with van der Waals surface area (Å²) in [4.78, 5) is 12.1. The smallest absolute Gasteiger partial charge is 0.193 e. The molecule has 0 aromatic heterocycles. The highest BCUT2D eigenvalue weighted by atomic mass is 35.5. The van der Waals surface area contributed by atoms with Gasteiger partial charge < -0.3 is 5.73 Å². The van der Waals surface area contributed by atoms with Crippen LogP contribution in [0.1, 0.15) is 15.9 Å². The van der Waals surface area contributed by atoms with Crippen LogP contribution in [0.4, 0.5) is 14.5 Å². The van der Waals surface area contributed by atoms with Gasteiger partial charge in [0.05, 0.1) is 15.7 Å². The molecule has 0 saturated carbocycles. The van der Waals surface area contributed by atoms with Crippen molar-refractivity contribution in [2.45, 2.75) is 0 Å². The van der Waals surface area contributed by atoms with Gasteiger partial charge in [-0.25, -0.2) is 8.78 Å². The number of benzene rings is 2. The van der Waals surface area contributed by atoms with Gasteiger partial charge in [0, 0.05) is 17.2 Å². The number of hydrogen-bond acceptors (Lipinski definition) is 2. The van der Waals surface area contributed by atoms with Gasteiger partial charge in [-0.1, -0.05) is 23.2 Å². The molecule has 0 aliphatic rings. The Labute approximate surface area is 117 Å². The van der Waals surface area contributed by atoms with Gasteiger partial charge in [-0.3, -0.25) is 4.79 Å². The summed E-state index contributed by atoms with van der Waals surface area (Å²) < 4.78 is 26.1. The number of carbonyl (C=O) groups excluding carboxylic acids is 1. The number of nitrogens with two attached hydrogens (primary N) is 1. The fourth-order valence-electron chi connectivity index (χ4n) is 1.57. The molecule has 0 aliphatic carbocycles. The van der Waals surface area contributed by atoms with Crippen LogP contribution in [-0.2, 0) is 0 Å². The number of halogens is 4. The maximum Gasteiger partial charge on any atom is 0.193 e. The molecule has 0 atom stereocenters. The minimum atomic E-state index is -0.837. The van der Waals surface area contributed by atoms with E-state index in [-0.39, 0.29) is 26.9 Å². The number of anilines is 1. The SMILES string of the molecule is Nc1c(Cl)cc(C(=O)c2cc(F)cc(F)c2)cc1Cl. The molecule has 0 unspecified atom stereocenters. The van der Waals surface area contributed by atoms with Crippen LogP contribution in [0.3, 0.4) is 0 Å². The van der Waals surface area contributed by atoms with E-state index in [4.69, 9.17) is 28.9 Å². The van der Waals surface area contributed by atoms with E-state index in [9.17, 15) is 13.6 Å². The predicted octanol–water partition coefficient (Wildman–Crippen LogP) is 4.08. The molecule has 98 valence electrons. The van der Waals surface area contributed by atoms with E-state index in [1.54, 1.807) is 0 Å². The molecule has 2 aromatic rings. The van der Waals surface area contributed by atoms with Crippen LogP contribution in [0.25, 0.3) is 0 Å². The standard InChI is InChI=1S/C13H7Cl2F2NO/c14-10-3-7(4-11(15)12(10)18)13(19)6-1-8(16)5-9(17)2-6/h1-5H,18H2. The molecule has 0 aliphatic heterocycles. The number of nitrogen functional groups attached to an aromatic ring is 1. The molecule has 2 rings (SSSR count). The Morgan fingerprint density at radius 3 is 1.79 bits per heavy atom. The number of carbonyl (C=O) groups is 1. The number of rotatable bonds is 2. The summed E-state index contributed by atoms with van der Waals surface area (Å²) >= 11 is 11.6. The first kappa shape index (κ1) is 13.8. The summed E-state index contributed by atoms with van der Waals surface area (Å²) in [5, 5.41) is 0.209. The summed E-state index contributed by atoms with van der Waals surface area (Å²) in [5.41, 5.74) is 5.66. The minimum absolute atomic E-state index is 0.104. The molecule has 0 saturated heterocycles. The van der Waals surface area contributed by atoms with Crippen LogP contribution < -0.4 is 5.73 Å². The van der Waals surface area contributed by atoms with Crippen LogP contribution in [-0.4, -0.2) is 5.78 Å². The van der Waals surface area contributed by atoms with Crippen molar-refractivity contribution in [3.63, 3.8) is 0 Å². The topological polar surface area (TPSA) is 43.1 Å². The molecule has 0 amide bonds. The van der Waals surface area contributed by atoms with E-state index >= 15 is 0 Å². The molecular weight excluding hydrogens is 295 g/mol. The molecule has 0 radical (unpaired) electrons. The van der Waals surface area contributed by atoms with E-state index in [0.717, 1.165) is 12.1 Å². The van der Waals surface area contributed by atoms with Gasteiger partial charge in [-0.05, 0) is 24.3 Å². The maximum atomic E-state index is 13.1. The third-order valence-corrected chi connectivity index (χ3v) is 3.09. The van der Waals surface area contributed by atoms with Gasteiger partial charge in [0.15, 0.2) is 5.78 Å². The first-order valence-electron chi connectivity index (χ1n) is 5.14. The van der Waals surface area contributed by atoms with Crippen molar-refractivity contribution >= 4 is 34.7 Å². The zero-order chi connectivity index (χ0) is 14.2.